The van der Waals surface area contributed by atoms with Gasteiger partial charge in [0.1, 0.15) is 0 Å². The Hall–Kier alpha value is -1.60. The lowest BCUT2D eigenvalue weighted by molar-refractivity contribution is 0.583. The van der Waals surface area contributed by atoms with Crippen molar-refractivity contribution in [2.45, 2.75) is 6.42 Å². The lowest BCUT2D eigenvalue weighted by atomic mass is 10.1. The zero-order valence-electron chi connectivity index (χ0n) is 6.70. The Morgan fingerprint density at radius 1 is 1.54 bits per heavy atom. The maximum Gasteiger partial charge on any atom is 0.266 e. The molecule has 1 heterocycles. The Morgan fingerprint density at radius 3 is 3.15 bits per heavy atom. The third-order valence-corrected chi connectivity index (χ3v) is 2.00. The Balaban J connectivity index is 2.76. The van der Waals surface area contributed by atoms with Gasteiger partial charge in [-0.15, -0.1) is 0 Å². The molecule has 0 aliphatic carbocycles. The monoisotopic (exact) mass is 190 g/mol. The van der Waals surface area contributed by atoms with Crippen LogP contribution < -0.4 is 0 Å². The van der Waals surface area contributed by atoms with Crippen LogP contribution in [0.25, 0.3) is 11.1 Å². The van der Waals surface area contributed by atoms with E-state index in [1.165, 1.54) is 0 Å². The van der Waals surface area contributed by atoms with Crippen LogP contribution >= 0.6 is 12.2 Å². The summed E-state index contributed by atoms with van der Waals surface area (Å²) in [5.74, 6) is 0. The SMILES string of the molecule is N#CCc1cccc2oc(=S)[nH]c12. The minimum atomic E-state index is 0.348. The van der Waals surface area contributed by atoms with E-state index in [9.17, 15) is 0 Å². The van der Waals surface area contributed by atoms with Gasteiger partial charge in [-0.3, -0.25) is 0 Å². The predicted molar refractivity (Wildman–Crippen MR) is 50.7 cm³/mol. The number of benzene rings is 1. The summed E-state index contributed by atoms with van der Waals surface area (Å²) in [5.41, 5.74) is 2.45. The normalized spacial score (nSPS) is 10.1. The van der Waals surface area contributed by atoms with E-state index < -0.39 is 0 Å². The van der Waals surface area contributed by atoms with Crippen molar-refractivity contribution >= 4 is 23.3 Å². The highest BCUT2D eigenvalue weighted by molar-refractivity contribution is 7.71. The molecular weight excluding hydrogens is 184 g/mol. The van der Waals surface area contributed by atoms with Gasteiger partial charge >= 0.3 is 0 Å². The van der Waals surface area contributed by atoms with Gasteiger partial charge in [-0.1, -0.05) is 12.1 Å². The number of fused-ring (bicyclic) bond motifs is 1. The van der Waals surface area contributed by atoms with Gasteiger partial charge in [0, 0.05) is 0 Å². The van der Waals surface area contributed by atoms with Crippen molar-refractivity contribution in [1.82, 2.24) is 4.98 Å². The first-order valence-electron chi connectivity index (χ1n) is 3.79. The van der Waals surface area contributed by atoms with Crippen LogP contribution in [-0.2, 0) is 6.42 Å². The number of aromatic nitrogens is 1. The number of aromatic amines is 1. The van der Waals surface area contributed by atoms with Gasteiger partial charge < -0.3 is 9.40 Å². The zero-order chi connectivity index (χ0) is 9.26. The minimum absolute atomic E-state index is 0.348. The summed E-state index contributed by atoms with van der Waals surface area (Å²) in [7, 11) is 0. The molecule has 4 heteroatoms. The van der Waals surface area contributed by atoms with Crippen molar-refractivity contribution in [3.63, 3.8) is 0 Å². The molecular formula is C9H6N2OS. The molecule has 1 aromatic heterocycles. The molecule has 13 heavy (non-hydrogen) atoms. The van der Waals surface area contributed by atoms with Crippen LogP contribution in [0.4, 0.5) is 0 Å². The molecule has 0 aliphatic heterocycles. The number of para-hydroxylation sites is 1. The maximum absolute atomic E-state index is 8.57. The highest BCUT2D eigenvalue weighted by Crippen LogP contribution is 2.17. The lowest BCUT2D eigenvalue weighted by Gasteiger charge is -1.93. The van der Waals surface area contributed by atoms with Crippen LogP contribution in [0.3, 0.4) is 0 Å². The number of nitriles is 1. The quantitative estimate of drug-likeness (QED) is 0.703. The van der Waals surface area contributed by atoms with Crippen LogP contribution in [0.15, 0.2) is 22.6 Å². The highest BCUT2D eigenvalue weighted by Gasteiger charge is 2.03. The van der Waals surface area contributed by atoms with Gasteiger partial charge in [-0.05, 0) is 23.8 Å². The fourth-order valence-corrected chi connectivity index (χ4v) is 1.46. The second kappa shape index (κ2) is 3.04. The third kappa shape index (κ3) is 1.34. The Morgan fingerprint density at radius 2 is 2.38 bits per heavy atom. The van der Waals surface area contributed by atoms with Crippen molar-refractivity contribution in [3.8, 4) is 6.07 Å². The summed E-state index contributed by atoms with van der Waals surface area (Å²) in [6.07, 6.45) is 0.363. The van der Waals surface area contributed by atoms with Crippen LogP contribution in [0.1, 0.15) is 5.56 Å². The lowest BCUT2D eigenvalue weighted by Crippen LogP contribution is -1.82. The number of rotatable bonds is 1. The number of hydrogen-bond acceptors (Lipinski definition) is 3. The highest BCUT2D eigenvalue weighted by atomic mass is 32.1. The summed E-state index contributed by atoms with van der Waals surface area (Å²) < 4.78 is 5.20. The fraction of sp³-hybridized carbons (Fsp3) is 0.111. The zero-order valence-corrected chi connectivity index (χ0v) is 7.52. The van der Waals surface area contributed by atoms with E-state index >= 15 is 0 Å². The summed E-state index contributed by atoms with van der Waals surface area (Å²) in [6, 6.07) is 7.64. The molecule has 0 saturated heterocycles. The van der Waals surface area contributed by atoms with Crippen LogP contribution in [0.5, 0.6) is 0 Å². The van der Waals surface area contributed by atoms with Crippen molar-refractivity contribution in [2.75, 3.05) is 0 Å². The smallest absolute Gasteiger partial charge is 0.266 e. The fourth-order valence-electron chi connectivity index (χ4n) is 1.26. The number of nitrogens with one attached hydrogen (secondary N) is 1. The molecule has 0 unspecified atom stereocenters. The van der Waals surface area contributed by atoms with E-state index in [1.807, 2.05) is 18.2 Å². The molecule has 2 rings (SSSR count). The molecule has 64 valence electrons. The molecule has 0 radical (unpaired) electrons. The molecule has 1 N–H and O–H groups in total. The first-order chi connectivity index (χ1) is 6.31. The van der Waals surface area contributed by atoms with E-state index in [4.69, 9.17) is 21.9 Å². The number of oxazole rings is 1. The summed E-state index contributed by atoms with van der Waals surface area (Å²) in [4.78, 5) is 3.26. The van der Waals surface area contributed by atoms with Crippen LogP contribution in [0.2, 0.25) is 0 Å². The van der Waals surface area contributed by atoms with E-state index in [2.05, 4.69) is 11.1 Å². The first kappa shape index (κ1) is 8.02. The van der Waals surface area contributed by atoms with Gasteiger partial charge in [-0.25, -0.2) is 0 Å². The third-order valence-electron chi connectivity index (χ3n) is 1.81. The summed E-state index contributed by atoms with van der Waals surface area (Å²) >= 11 is 4.85. The molecule has 3 nitrogen and oxygen atoms in total. The van der Waals surface area contributed by atoms with Gasteiger partial charge in [0.2, 0.25) is 0 Å². The molecule has 0 fully saturated rings. The molecule has 0 bridgehead atoms. The summed E-state index contributed by atoms with van der Waals surface area (Å²) in [5, 5.41) is 8.57. The van der Waals surface area contributed by atoms with Gasteiger partial charge in [0.05, 0.1) is 18.0 Å². The molecule has 0 amide bonds. The summed E-state index contributed by atoms with van der Waals surface area (Å²) in [6.45, 7) is 0. The Kier molecular flexibility index (Phi) is 1.87. The van der Waals surface area contributed by atoms with Gasteiger partial charge in [0.15, 0.2) is 5.58 Å². The van der Waals surface area contributed by atoms with Crippen LogP contribution in [0, 0.1) is 16.2 Å². The van der Waals surface area contributed by atoms with Crippen molar-refractivity contribution in [3.05, 3.63) is 28.6 Å². The van der Waals surface area contributed by atoms with Crippen molar-refractivity contribution in [2.24, 2.45) is 0 Å². The van der Waals surface area contributed by atoms with Gasteiger partial charge in [-0.2, -0.15) is 5.26 Å². The topological polar surface area (TPSA) is 52.7 Å². The van der Waals surface area contributed by atoms with E-state index in [0.717, 1.165) is 11.1 Å². The molecule has 0 aliphatic rings. The first-order valence-corrected chi connectivity index (χ1v) is 4.20. The average molecular weight is 190 g/mol. The van der Waals surface area contributed by atoms with E-state index in [1.54, 1.807) is 0 Å². The van der Waals surface area contributed by atoms with Gasteiger partial charge in [0.25, 0.3) is 4.84 Å². The number of hydrogen-bond donors (Lipinski definition) is 1. The molecule has 2 aromatic rings. The minimum Gasteiger partial charge on any atom is -0.429 e. The van der Waals surface area contributed by atoms with Crippen molar-refractivity contribution in [1.29, 1.82) is 5.26 Å². The maximum atomic E-state index is 8.57. The second-order valence-corrected chi connectivity index (χ2v) is 3.01. The largest absolute Gasteiger partial charge is 0.429 e. The molecule has 0 atom stereocenters. The Bertz CT molecular complexity index is 532. The van der Waals surface area contributed by atoms with Crippen molar-refractivity contribution < 1.29 is 4.42 Å². The second-order valence-electron chi connectivity index (χ2n) is 2.64. The average Bonchev–Trinajstić information content (AvgIpc) is 2.47. The predicted octanol–water partition coefficient (Wildman–Crippen LogP) is 2.56. The standard InChI is InChI=1S/C9H6N2OS/c10-5-4-6-2-1-3-7-8(6)11-9(13)12-7/h1-3H,4H2,(H,11,13). The Labute approximate surface area is 79.6 Å². The molecule has 0 saturated carbocycles. The van der Waals surface area contributed by atoms with E-state index in [-0.39, 0.29) is 0 Å². The van der Waals surface area contributed by atoms with E-state index in [0.29, 0.717) is 16.8 Å². The number of nitrogens with zero attached hydrogens (tertiary/aromatic N) is 1. The number of H-pyrrole nitrogens is 1. The molecule has 1 aromatic carbocycles. The van der Waals surface area contributed by atoms with Crippen LogP contribution in [-0.4, -0.2) is 4.98 Å². The molecule has 0 spiro atoms.